The van der Waals surface area contributed by atoms with Gasteiger partial charge >= 0.3 is 0 Å². The molecule has 0 spiro atoms. The Morgan fingerprint density at radius 3 is 2.20 bits per heavy atom. The number of hydrogen-bond acceptors (Lipinski definition) is 3. The number of carbonyl (C=O) groups is 1. The summed E-state index contributed by atoms with van der Waals surface area (Å²) in [5.41, 5.74) is 6.74. The van der Waals surface area contributed by atoms with E-state index in [0.717, 1.165) is 32.7 Å². The quantitative estimate of drug-likeness (QED) is 0.915. The largest absolute Gasteiger partial charge is 0.340 e. The zero-order valence-electron chi connectivity index (χ0n) is 11.5. The molecular formula is C14H23Cl2N3O. The summed E-state index contributed by atoms with van der Waals surface area (Å²) < 4.78 is 0. The molecule has 1 aliphatic heterocycles. The lowest BCUT2D eigenvalue weighted by Crippen LogP contribution is -2.48. The molecule has 0 radical (unpaired) electrons. The van der Waals surface area contributed by atoms with E-state index >= 15 is 0 Å². The van der Waals surface area contributed by atoms with Crippen molar-refractivity contribution in [1.82, 2.24) is 9.80 Å². The first-order valence-corrected chi connectivity index (χ1v) is 6.53. The van der Waals surface area contributed by atoms with Crippen molar-refractivity contribution in [2.24, 2.45) is 5.73 Å². The molecule has 2 N–H and O–H groups in total. The second-order valence-electron chi connectivity index (χ2n) is 4.68. The van der Waals surface area contributed by atoms with Crippen molar-refractivity contribution in [3.05, 3.63) is 35.9 Å². The molecule has 1 saturated heterocycles. The first-order valence-electron chi connectivity index (χ1n) is 6.53. The van der Waals surface area contributed by atoms with Crippen LogP contribution >= 0.6 is 24.8 Å². The van der Waals surface area contributed by atoms with Gasteiger partial charge in [-0.1, -0.05) is 30.3 Å². The summed E-state index contributed by atoms with van der Waals surface area (Å²) in [5, 5.41) is 0. The van der Waals surface area contributed by atoms with Gasteiger partial charge in [-0.3, -0.25) is 9.69 Å². The van der Waals surface area contributed by atoms with Crippen molar-refractivity contribution in [2.45, 2.75) is 13.0 Å². The van der Waals surface area contributed by atoms with E-state index < -0.39 is 0 Å². The maximum atomic E-state index is 11.7. The van der Waals surface area contributed by atoms with E-state index in [2.05, 4.69) is 29.2 Å². The normalized spacial score (nSPS) is 15.2. The molecule has 1 fully saturated rings. The van der Waals surface area contributed by atoms with E-state index in [0.29, 0.717) is 13.0 Å². The van der Waals surface area contributed by atoms with Crippen LogP contribution in [0.1, 0.15) is 12.0 Å². The fourth-order valence-corrected chi connectivity index (χ4v) is 2.28. The number of nitrogens with zero attached hydrogens (tertiary/aromatic N) is 2. The highest BCUT2D eigenvalue weighted by molar-refractivity contribution is 5.85. The van der Waals surface area contributed by atoms with E-state index in [9.17, 15) is 4.79 Å². The number of halogens is 2. The predicted molar refractivity (Wildman–Crippen MR) is 86.5 cm³/mol. The Balaban J connectivity index is 0.00000180. The summed E-state index contributed by atoms with van der Waals surface area (Å²) in [5.74, 6) is 0.192. The van der Waals surface area contributed by atoms with Crippen LogP contribution < -0.4 is 5.73 Å². The number of amides is 1. The molecule has 0 aromatic heterocycles. The monoisotopic (exact) mass is 319 g/mol. The second-order valence-corrected chi connectivity index (χ2v) is 4.68. The highest BCUT2D eigenvalue weighted by Gasteiger charge is 2.20. The minimum atomic E-state index is 0. The van der Waals surface area contributed by atoms with Crippen molar-refractivity contribution >= 4 is 30.7 Å². The third-order valence-electron chi connectivity index (χ3n) is 3.33. The van der Waals surface area contributed by atoms with Crippen LogP contribution in [0.2, 0.25) is 0 Å². The van der Waals surface area contributed by atoms with Crippen LogP contribution in [0.4, 0.5) is 0 Å². The zero-order chi connectivity index (χ0) is 12.8. The van der Waals surface area contributed by atoms with Crippen LogP contribution in [-0.2, 0) is 11.3 Å². The summed E-state index contributed by atoms with van der Waals surface area (Å²) in [4.78, 5) is 16.0. The van der Waals surface area contributed by atoms with E-state index in [-0.39, 0.29) is 30.7 Å². The third-order valence-corrected chi connectivity index (χ3v) is 3.33. The molecule has 1 amide bonds. The molecule has 0 saturated carbocycles. The van der Waals surface area contributed by atoms with Crippen molar-refractivity contribution in [3.63, 3.8) is 0 Å². The highest BCUT2D eigenvalue weighted by atomic mass is 35.5. The molecule has 0 unspecified atom stereocenters. The molecule has 1 heterocycles. The van der Waals surface area contributed by atoms with Crippen LogP contribution in [0.3, 0.4) is 0 Å². The zero-order valence-corrected chi connectivity index (χ0v) is 13.2. The van der Waals surface area contributed by atoms with Gasteiger partial charge in [0.2, 0.25) is 5.91 Å². The maximum absolute atomic E-state index is 11.7. The maximum Gasteiger partial charge on any atom is 0.223 e. The van der Waals surface area contributed by atoms with Gasteiger partial charge in [0.1, 0.15) is 0 Å². The fourth-order valence-electron chi connectivity index (χ4n) is 2.28. The molecule has 0 atom stereocenters. The van der Waals surface area contributed by atoms with Crippen LogP contribution in [0.5, 0.6) is 0 Å². The summed E-state index contributed by atoms with van der Waals surface area (Å²) in [6.45, 7) is 4.97. The van der Waals surface area contributed by atoms with Gasteiger partial charge in [0.25, 0.3) is 0 Å². The molecule has 2 rings (SSSR count). The number of piperazine rings is 1. The first-order chi connectivity index (χ1) is 8.79. The van der Waals surface area contributed by atoms with Gasteiger partial charge in [0, 0.05) is 45.7 Å². The van der Waals surface area contributed by atoms with Crippen molar-refractivity contribution in [3.8, 4) is 0 Å². The third kappa shape index (κ3) is 5.67. The molecule has 1 aromatic carbocycles. The Kier molecular flexibility index (Phi) is 9.59. The average molecular weight is 320 g/mol. The lowest BCUT2D eigenvalue weighted by molar-refractivity contribution is -0.132. The minimum Gasteiger partial charge on any atom is -0.340 e. The molecule has 1 aliphatic rings. The SMILES string of the molecule is Cl.Cl.NCCC(=O)N1CCN(Cc2ccccc2)CC1. The van der Waals surface area contributed by atoms with Crippen LogP contribution in [0, 0.1) is 0 Å². The molecule has 114 valence electrons. The number of hydrogen-bond donors (Lipinski definition) is 1. The summed E-state index contributed by atoms with van der Waals surface area (Å²) in [6.07, 6.45) is 0.471. The van der Waals surface area contributed by atoms with Gasteiger partial charge in [-0.25, -0.2) is 0 Å². The summed E-state index contributed by atoms with van der Waals surface area (Å²) >= 11 is 0. The Bertz CT molecular complexity index is 381. The van der Waals surface area contributed by atoms with Gasteiger partial charge in [0.15, 0.2) is 0 Å². The van der Waals surface area contributed by atoms with Crippen molar-refractivity contribution in [2.75, 3.05) is 32.7 Å². The van der Waals surface area contributed by atoms with Crippen LogP contribution in [-0.4, -0.2) is 48.4 Å². The molecule has 20 heavy (non-hydrogen) atoms. The molecule has 6 heteroatoms. The minimum absolute atomic E-state index is 0. The standard InChI is InChI=1S/C14H21N3O.2ClH/c15-7-6-14(18)17-10-8-16(9-11-17)12-13-4-2-1-3-5-13;;/h1-5H,6-12,15H2;2*1H. The Morgan fingerprint density at radius 2 is 1.65 bits per heavy atom. The van der Waals surface area contributed by atoms with Crippen molar-refractivity contribution in [1.29, 1.82) is 0 Å². The number of nitrogens with two attached hydrogens (primary N) is 1. The molecule has 4 nitrogen and oxygen atoms in total. The van der Waals surface area contributed by atoms with Crippen molar-refractivity contribution < 1.29 is 4.79 Å². The molecule has 1 aromatic rings. The Labute approximate surface area is 133 Å². The lowest BCUT2D eigenvalue weighted by atomic mass is 10.2. The number of carbonyl (C=O) groups excluding carboxylic acids is 1. The topological polar surface area (TPSA) is 49.6 Å². The second kappa shape index (κ2) is 10.00. The molecular weight excluding hydrogens is 297 g/mol. The van der Waals surface area contributed by atoms with E-state index in [1.807, 2.05) is 11.0 Å². The lowest BCUT2D eigenvalue weighted by Gasteiger charge is -2.34. The summed E-state index contributed by atoms with van der Waals surface area (Å²) in [7, 11) is 0. The molecule has 0 bridgehead atoms. The first kappa shape index (κ1) is 19.2. The van der Waals surface area contributed by atoms with Crippen LogP contribution in [0.15, 0.2) is 30.3 Å². The highest BCUT2D eigenvalue weighted by Crippen LogP contribution is 2.08. The predicted octanol–water partition coefficient (Wildman–Crippen LogP) is 1.52. The van der Waals surface area contributed by atoms with E-state index in [1.54, 1.807) is 0 Å². The molecule has 0 aliphatic carbocycles. The van der Waals surface area contributed by atoms with Gasteiger partial charge in [0.05, 0.1) is 0 Å². The fraction of sp³-hybridized carbons (Fsp3) is 0.500. The van der Waals surface area contributed by atoms with E-state index in [4.69, 9.17) is 5.73 Å². The smallest absolute Gasteiger partial charge is 0.223 e. The number of rotatable bonds is 4. The van der Waals surface area contributed by atoms with Gasteiger partial charge < -0.3 is 10.6 Å². The average Bonchev–Trinajstić information content (AvgIpc) is 2.41. The summed E-state index contributed by atoms with van der Waals surface area (Å²) in [6, 6.07) is 10.5. The van der Waals surface area contributed by atoms with Gasteiger partial charge in [-0.2, -0.15) is 0 Å². The van der Waals surface area contributed by atoms with Crippen LogP contribution in [0.25, 0.3) is 0 Å². The Hall–Kier alpha value is -0.810. The van der Waals surface area contributed by atoms with Gasteiger partial charge in [-0.05, 0) is 5.56 Å². The van der Waals surface area contributed by atoms with E-state index in [1.165, 1.54) is 5.56 Å². The number of benzene rings is 1. The van der Waals surface area contributed by atoms with Gasteiger partial charge in [-0.15, -0.1) is 24.8 Å². The Morgan fingerprint density at radius 1 is 1.05 bits per heavy atom.